The van der Waals surface area contributed by atoms with Crippen LogP contribution in [0.3, 0.4) is 0 Å². The standard InChI is InChI=1S/C32H30N4O6/c1-4-41-31(38)29-19(2)34-32(39)35-30(29)22-13-14-26(27(16-22)40-3)42-18-28(37)36-33-17-25-23-11-7-5-9-20(23)15-21-10-6-8-12-24(21)25/h5-17,30H,4,18H2,1-3H3,(H,36,37)(H2,34,35,39)/b33-17-/t30-/m1/s1. The average Bonchev–Trinajstić information content (AvgIpc) is 2.99. The number of nitrogens with one attached hydrogen (secondary N) is 3. The van der Waals surface area contributed by atoms with Crippen molar-refractivity contribution in [1.82, 2.24) is 16.1 Å². The van der Waals surface area contributed by atoms with Gasteiger partial charge in [-0.3, -0.25) is 4.79 Å². The summed E-state index contributed by atoms with van der Waals surface area (Å²) in [4.78, 5) is 37.4. The molecule has 0 aromatic heterocycles. The number of allylic oxidation sites excluding steroid dienone is 1. The number of hydrogen-bond donors (Lipinski definition) is 3. The van der Waals surface area contributed by atoms with Crippen molar-refractivity contribution in [2.45, 2.75) is 19.9 Å². The van der Waals surface area contributed by atoms with E-state index in [4.69, 9.17) is 14.2 Å². The number of amides is 3. The van der Waals surface area contributed by atoms with Gasteiger partial charge < -0.3 is 24.8 Å². The van der Waals surface area contributed by atoms with Crippen LogP contribution in [0.15, 0.2) is 89.2 Å². The fraction of sp³-hybridized carbons (Fsp3) is 0.188. The molecule has 42 heavy (non-hydrogen) atoms. The van der Waals surface area contributed by atoms with Gasteiger partial charge in [-0.2, -0.15) is 5.10 Å². The van der Waals surface area contributed by atoms with Crippen molar-refractivity contribution in [2.24, 2.45) is 5.10 Å². The van der Waals surface area contributed by atoms with Gasteiger partial charge in [-0.15, -0.1) is 0 Å². The normalized spacial score (nSPS) is 14.9. The molecule has 0 fully saturated rings. The van der Waals surface area contributed by atoms with Gasteiger partial charge in [0.2, 0.25) is 0 Å². The molecule has 0 radical (unpaired) electrons. The van der Waals surface area contributed by atoms with Crippen molar-refractivity contribution in [3.63, 3.8) is 0 Å². The molecular formula is C32H30N4O6. The Morgan fingerprint density at radius 3 is 2.33 bits per heavy atom. The number of esters is 1. The third kappa shape index (κ3) is 5.87. The molecule has 0 saturated carbocycles. The van der Waals surface area contributed by atoms with E-state index in [1.807, 2.05) is 48.5 Å². The zero-order chi connectivity index (χ0) is 29.6. The minimum absolute atomic E-state index is 0.191. The van der Waals surface area contributed by atoms with Gasteiger partial charge in [-0.05, 0) is 59.2 Å². The Morgan fingerprint density at radius 2 is 1.67 bits per heavy atom. The Hall–Kier alpha value is -5.38. The Balaban J connectivity index is 1.29. The SMILES string of the molecule is CCOC(=O)C1=C(C)NC(=O)N[C@@H]1c1ccc(OCC(=O)N/N=C\c2c3ccccc3cc3ccccc23)c(OC)c1. The van der Waals surface area contributed by atoms with Crippen molar-refractivity contribution >= 4 is 45.7 Å². The maximum absolute atomic E-state index is 12.6. The summed E-state index contributed by atoms with van der Waals surface area (Å²) in [5.41, 5.74) is 4.68. The molecule has 1 aliphatic heterocycles. The summed E-state index contributed by atoms with van der Waals surface area (Å²) in [6, 6.07) is 21.9. The fourth-order valence-corrected chi connectivity index (χ4v) is 4.94. The molecule has 4 aromatic carbocycles. The highest BCUT2D eigenvalue weighted by Crippen LogP contribution is 2.34. The van der Waals surface area contributed by atoms with Crippen LogP contribution in [-0.2, 0) is 14.3 Å². The lowest BCUT2D eigenvalue weighted by Gasteiger charge is -2.28. The third-order valence-corrected chi connectivity index (χ3v) is 6.84. The summed E-state index contributed by atoms with van der Waals surface area (Å²) in [5, 5.41) is 13.7. The Bertz CT molecular complexity index is 1690. The Kier molecular flexibility index (Phi) is 8.33. The number of fused-ring (bicyclic) bond motifs is 2. The van der Waals surface area contributed by atoms with Gasteiger partial charge in [0.25, 0.3) is 5.91 Å². The number of carbonyl (C=O) groups excluding carboxylic acids is 3. The van der Waals surface area contributed by atoms with E-state index in [9.17, 15) is 14.4 Å². The molecule has 3 N–H and O–H groups in total. The summed E-state index contributed by atoms with van der Waals surface area (Å²) < 4.78 is 16.4. The first-order valence-electron chi connectivity index (χ1n) is 13.4. The second kappa shape index (κ2) is 12.4. The van der Waals surface area contributed by atoms with Crippen LogP contribution in [0.5, 0.6) is 11.5 Å². The summed E-state index contributed by atoms with van der Waals surface area (Å²) in [7, 11) is 1.46. The first-order valence-corrected chi connectivity index (χ1v) is 13.4. The van der Waals surface area contributed by atoms with Crippen molar-refractivity contribution in [3.8, 4) is 11.5 Å². The Labute approximate surface area is 242 Å². The van der Waals surface area contributed by atoms with Crippen LogP contribution in [0.2, 0.25) is 0 Å². The molecule has 0 aliphatic carbocycles. The molecular weight excluding hydrogens is 536 g/mol. The molecule has 10 nitrogen and oxygen atoms in total. The molecule has 1 heterocycles. The zero-order valence-electron chi connectivity index (χ0n) is 23.4. The lowest BCUT2D eigenvalue weighted by molar-refractivity contribution is -0.139. The van der Waals surface area contributed by atoms with Gasteiger partial charge in [-0.25, -0.2) is 15.0 Å². The number of methoxy groups -OCH3 is 1. The van der Waals surface area contributed by atoms with E-state index in [0.717, 1.165) is 27.1 Å². The van der Waals surface area contributed by atoms with Crippen molar-refractivity contribution in [2.75, 3.05) is 20.3 Å². The molecule has 4 aromatic rings. The number of hydrazone groups is 1. The van der Waals surface area contributed by atoms with E-state index in [-0.39, 0.29) is 18.8 Å². The lowest BCUT2D eigenvalue weighted by Crippen LogP contribution is -2.45. The van der Waals surface area contributed by atoms with Gasteiger partial charge in [0.05, 0.1) is 31.5 Å². The van der Waals surface area contributed by atoms with Crippen LogP contribution in [0, 0.1) is 0 Å². The summed E-state index contributed by atoms with van der Waals surface area (Å²) in [6.45, 7) is 3.22. The van der Waals surface area contributed by atoms with Gasteiger partial charge in [-0.1, -0.05) is 54.6 Å². The molecule has 1 atom stereocenters. The summed E-state index contributed by atoms with van der Waals surface area (Å²) >= 11 is 0. The average molecular weight is 567 g/mol. The minimum atomic E-state index is -0.761. The monoisotopic (exact) mass is 566 g/mol. The smallest absolute Gasteiger partial charge is 0.338 e. The first kappa shape index (κ1) is 28.2. The van der Waals surface area contributed by atoms with Crippen molar-refractivity contribution < 1.29 is 28.6 Å². The van der Waals surface area contributed by atoms with Crippen LogP contribution in [0.25, 0.3) is 21.5 Å². The second-order valence-corrected chi connectivity index (χ2v) is 9.52. The van der Waals surface area contributed by atoms with E-state index in [1.54, 1.807) is 38.3 Å². The topological polar surface area (TPSA) is 127 Å². The van der Waals surface area contributed by atoms with Gasteiger partial charge in [0.15, 0.2) is 18.1 Å². The molecule has 0 spiro atoms. The highest BCUT2D eigenvalue weighted by Gasteiger charge is 2.32. The lowest BCUT2D eigenvalue weighted by atomic mass is 9.95. The second-order valence-electron chi connectivity index (χ2n) is 9.52. The van der Waals surface area contributed by atoms with Gasteiger partial charge >= 0.3 is 12.0 Å². The number of rotatable bonds is 9. The van der Waals surface area contributed by atoms with Crippen LogP contribution in [0.1, 0.15) is 31.0 Å². The molecule has 0 unspecified atom stereocenters. The van der Waals surface area contributed by atoms with Crippen molar-refractivity contribution in [1.29, 1.82) is 0 Å². The highest BCUT2D eigenvalue weighted by molar-refractivity contribution is 6.13. The predicted molar refractivity (Wildman–Crippen MR) is 159 cm³/mol. The van der Waals surface area contributed by atoms with Gasteiger partial charge in [0.1, 0.15) is 0 Å². The number of carbonyl (C=O) groups is 3. The third-order valence-electron chi connectivity index (χ3n) is 6.84. The molecule has 0 bridgehead atoms. The summed E-state index contributed by atoms with van der Waals surface area (Å²) in [5.74, 6) is -0.380. The molecule has 5 rings (SSSR count). The quantitative estimate of drug-likeness (QED) is 0.116. The summed E-state index contributed by atoms with van der Waals surface area (Å²) in [6.07, 6.45) is 1.64. The van der Waals surface area contributed by atoms with E-state index in [1.165, 1.54) is 7.11 Å². The van der Waals surface area contributed by atoms with Crippen LogP contribution >= 0.6 is 0 Å². The molecule has 1 aliphatic rings. The zero-order valence-corrected chi connectivity index (χ0v) is 23.4. The maximum Gasteiger partial charge on any atom is 0.338 e. The highest BCUT2D eigenvalue weighted by atomic mass is 16.5. The predicted octanol–water partition coefficient (Wildman–Crippen LogP) is 4.72. The number of ether oxygens (including phenoxy) is 3. The maximum atomic E-state index is 12.6. The van der Waals surface area contributed by atoms with Crippen molar-refractivity contribution in [3.05, 3.63) is 95.2 Å². The first-order chi connectivity index (χ1) is 20.4. The van der Waals surface area contributed by atoms with E-state index >= 15 is 0 Å². The Morgan fingerprint density at radius 1 is 0.976 bits per heavy atom. The molecule has 214 valence electrons. The number of hydrogen-bond acceptors (Lipinski definition) is 7. The van der Waals surface area contributed by atoms with E-state index in [2.05, 4.69) is 27.2 Å². The molecule has 3 amide bonds. The van der Waals surface area contributed by atoms with Crippen LogP contribution in [-0.4, -0.2) is 44.4 Å². The molecule has 10 heteroatoms. The largest absolute Gasteiger partial charge is 0.493 e. The van der Waals surface area contributed by atoms with E-state index in [0.29, 0.717) is 22.8 Å². The fourth-order valence-electron chi connectivity index (χ4n) is 4.94. The van der Waals surface area contributed by atoms with Gasteiger partial charge in [0, 0.05) is 11.3 Å². The van der Waals surface area contributed by atoms with Crippen LogP contribution < -0.4 is 25.5 Å². The number of nitrogens with zero attached hydrogens (tertiary/aromatic N) is 1. The van der Waals surface area contributed by atoms with Crippen LogP contribution in [0.4, 0.5) is 4.79 Å². The number of benzene rings is 4. The van der Waals surface area contributed by atoms with E-state index < -0.39 is 23.9 Å². The molecule has 0 saturated heterocycles. The minimum Gasteiger partial charge on any atom is -0.493 e. The number of urea groups is 1.